The van der Waals surface area contributed by atoms with E-state index in [2.05, 4.69) is 15.1 Å². The number of anilines is 2. The Morgan fingerprint density at radius 3 is 2.10 bits per heavy atom. The number of benzene rings is 4. The van der Waals surface area contributed by atoms with E-state index in [1.165, 1.54) is 48.5 Å². The van der Waals surface area contributed by atoms with Crippen molar-refractivity contribution in [1.82, 2.24) is 9.78 Å². The zero-order chi connectivity index (χ0) is 37.8. The summed E-state index contributed by atoms with van der Waals surface area (Å²) in [7, 11) is -7.03. The van der Waals surface area contributed by atoms with E-state index in [1.807, 2.05) is 0 Å². The number of nitrogens with zero attached hydrogens (tertiary/aromatic N) is 2. The molecule has 0 atom stereocenters. The maximum absolute atomic E-state index is 13.1. The molecule has 2 heterocycles. The van der Waals surface area contributed by atoms with E-state index in [-0.39, 0.29) is 44.4 Å². The van der Waals surface area contributed by atoms with Crippen LogP contribution in [-0.4, -0.2) is 45.5 Å². The summed E-state index contributed by atoms with van der Waals surface area (Å²) >= 11 is 0. The molecule has 0 unspecified atom stereocenters. The van der Waals surface area contributed by atoms with Gasteiger partial charge in [0.15, 0.2) is 21.3 Å². The number of aromatic nitrogens is 2. The lowest BCUT2D eigenvalue weighted by atomic mass is 10.1. The van der Waals surface area contributed by atoms with Gasteiger partial charge in [0, 0.05) is 17.9 Å². The molecule has 12 nitrogen and oxygen atoms in total. The molecule has 0 spiro atoms. The molecule has 0 saturated heterocycles. The van der Waals surface area contributed by atoms with Crippen molar-refractivity contribution in [1.29, 1.82) is 0 Å². The molecule has 0 fully saturated rings. The summed E-state index contributed by atoms with van der Waals surface area (Å²) in [5.41, 5.74) is -0.701. The second-order valence-electron chi connectivity index (χ2n) is 11.0. The van der Waals surface area contributed by atoms with Gasteiger partial charge in [0.2, 0.25) is 21.9 Å². The highest BCUT2D eigenvalue weighted by Crippen LogP contribution is 2.35. The average Bonchev–Trinajstić information content (AvgIpc) is 3.54. The van der Waals surface area contributed by atoms with E-state index in [0.29, 0.717) is 17.7 Å². The van der Waals surface area contributed by atoms with Crippen LogP contribution in [0.5, 0.6) is 11.5 Å². The molecule has 270 valence electrons. The van der Waals surface area contributed by atoms with Crippen molar-refractivity contribution in [3.05, 3.63) is 125 Å². The van der Waals surface area contributed by atoms with Crippen LogP contribution in [0.1, 0.15) is 5.69 Å². The lowest BCUT2D eigenvalue weighted by molar-refractivity contribution is -0.141. The molecule has 6 aromatic rings. The topological polar surface area (TPSA) is 167 Å². The summed E-state index contributed by atoms with van der Waals surface area (Å²) in [6, 6.07) is 22.5. The lowest BCUT2D eigenvalue weighted by Crippen LogP contribution is -2.12. The molecule has 0 aliphatic rings. The summed E-state index contributed by atoms with van der Waals surface area (Å²) in [5, 5.41) is 5.97. The van der Waals surface area contributed by atoms with Crippen molar-refractivity contribution >= 4 is 48.6 Å². The summed E-state index contributed by atoms with van der Waals surface area (Å²) < 4.78 is 113. The number of fused-ring (bicyclic) bond motifs is 1. The second kappa shape index (κ2) is 14.7. The first-order chi connectivity index (χ1) is 24.4. The predicted molar refractivity (Wildman–Crippen MR) is 184 cm³/mol. The van der Waals surface area contributed by atoms with Crippen LogP contribution in [0.3, 0.4) is 0 Å². The van der Waals surface area contributed by atoms with Gasteiger partial charge in [0.25, 0.3) is 0 Å². The fourth-order valence-electron chi connectivity index (χ4n) is 4.68. The lowest BCUT2D eigenvalue weighted by Gasteiger charge is -2.13. The van der Waals surface area contributed by atoms with Crippen LogP contribution in [0, 0.1) is 5.82 Å². The van der Waals surface area contributed by atoms with Crippen molar-refractivity contribution in [3.8, 4) is 28.4 Å². The Kier molecular flexibility index (Phi) is 10.5. The van der Waals surface area contributed by atoms with E-state index in [4.69, 9.17) is 9.15 Å². The molecule has 0 aliphatic heterocycles. The van der Waals surface area contributed by atoms with Crippen LogP contribution < -0.4 is 20.2 Å². The van der Waals surface area contributed by atoms with Crippen LogP contribution in [0.25, 0.3) is 27.9 Å². The highest BCUT2D eigenvalue weighted by Gasteiger charge is 2.35. The summed E-state index contributed by atoms with van der Waals surface area (Å²) in [6.45, 7) is 0. The number of hydrogen-bond acceptors (Lipinski definition) is 9. The molecule has 0 aliphatic carbocycles. The number of carbonyl (C=O) groups is 1. The zero-order valence-corrected chi connectivity index (χ0v) is 28.5. The Balaban J connectivity index is 0.000000201. The standard InChI is InChI=1S/C17H12F4N2O2S.C17H14N2O6S/c1-26(24,25)14-8-6-13(7-9-14)23-15(10-16(22-23)17(19,20)21)11-2-4-12(18)5-3-11;1-26(22,23)19-13-8-15-12(17(21)14(9-24-15)18-10-20)7-16(13)25-11-5-3-2-4-6-11/h2-10H,1H3;2-10,19H,1H3,(H,18,20). The average molecular weight is 759 g/mol. The van der Waals surface area contributed by atoms with Gasteiger partial charge >= 0.3 is 6.18 Å². The van der Waals surface area contributed by atoms with Gasteiger partial charge in [-0.05, 0) is 72.8 Å². The van der Waals surface area contributed by atoms with Crippen molar-refractivity contribution < 1.29 is 48.3 Å². The van der Waals surface area contributed by atoms with Gasteiger partial charge in [-0.3, -0.25) is 14.3 Å². The third kappa shape index (κ3) is 9.01. The number of alkyl halides is 3. The number of sulfonamides is 1. The van der Waals surface area contributed by atoms with E-state index in [1.54, 1.807) is 30.3 Å². The molecular formula is C34H26F4N4O8S2. The van der Waals surface area contributed by atoms with Gasteiger partial charge < -0.3 is 14.5 Å². The van der Waals surface area contributed by atoms with Crippen molar-refractivity contribution in [2.24, 2.45) is 0 Å². The van der Waals surface area contributed by atoms with Crippen LogP contribution in [-0.2, 0) is 30.8 Å². The molecular weight excluding hydrogens is 733 g/mol. The minimum atomic E-state index is -4.66. The Bertz CT molecular complexity index is 2520. The van der Waals surface area contributed by atoms with Gasteiger partial charge in [0.1, 0.15) is 29.1 Å². The van der Waals surface area contributed by atoms with E-state index >= 15 is 0 Å². The molecule has 0 saturated carbocycles. The van der Waals surface area contributed by atoms with Gasteiger partial charge in [-0.2, -0.15) is 18.3 Å². The Labute approximate surface area is 293 Å². The quantitative estimate of drug-likeness (QED) is 0.122. The Morgan fingerprint density at radius 2 is 1.52 bits per heavy atom. The highest BCUT2D eigenvalue weighted by atomic mass is 32.2. The maximum atomic E-state index is 13.1. The summed E-state index contributed by atoms with van der Waals surface area (Å²) in [6.07, 6.45) is -1.19. The van der Waals surface area contributed by atoms with Gasteiger partial charge in [-0.15, -0.1) is 0 Å². The number of halogens is 4. The van der Waals surface area contributed by atoms with Crippen LogP contribution >= 0.6 is 0 Å². The third-order valence-corrected chi connectivity index (χ3v) is 8.72. The second-order valence-corrected chi connectivity index (χ2v) is 14.7. The Morgan fingerprint density at radius 1 is 0.865 bits per heavy atom. The number of carbonyl (C=O) groups excluding carboxylic acids is 1. The smallest absolute Gasteiger partial charge is 0.435 e. The first kappa shape index (κ1) is 37.3. The molecule has 52 heavy (non-hydrogen) atoms. The fraction of sp³-hybridized carbons (Fsp3) is 0.0882. The monoisotopic (exact) mass is 758 g/mol. The molecule has 2 aromatic heterocycles. The number of nitrogens with one attached hydrogen (secondary N) is 2. The number of rotatable bonds is 9. The van der Waals surface area contributed by atoms with Crippen molar-refractivity contribution in [2.75, 3.05) is 22.6 Å². The normalized spacial score (nSPS) is 11.7. The number of hydrogen-bond donors (Lipinski definition) is 2. The highest BCUT2D eigenvalue weighted by molar-refractivity contribution is 7.92. The minimum absolute atomic E-state index is 0.0350. The number of ether oxygens (including phenoxy) is 1. The molecule has 0 radical (unpaired) electrons. The molecule has 1 amide bonds. The number of amides is 1. The molecule has 6 rings (SSSR count). The summed E-state index contributed by atoms with van der Waals surface area (Å²) in [5.74, 6) is 0.0491. The maximum Gasteiger partial charge on any atom is 0.435 e. The van der Waals surface area contributed by atoms with Gasteiger partial charge in [-0.1, -0.05) is 18.2 Å². The third-order valence-electron chi connectivity index (χ3n) is 7.00. The van der Waals surface area contributed by atoms with Crippen LogP contribution in [0.2, 0.25) is 0 Å². The Hall–Kier alpha value is -6.01. The van der Waals surface area contributed by atoms with E-state index < -0.39 is 43.0 Å². The SMILES string of the molecule is CS(=O)(=O)Nc1cc2occ(NC=O)c(=O)c2cc1Oc1ccccc1.CS(=O)(=O)c1ccc(-n2nc(C(F)(F)F)cc2-c2ccc(F)cc2)cc1. The van der Waals surface area contributed by atoms with Crippen LogP contribution in [0.4, 0.5) is 28.9 Å². The molecule has 0 bridgehead atoms. The molecule has 18 heteroatoms. The van der Waals surface area contributed by atoms with E-state index in [9.17, 15) is 44.0 Å². The first-order valence-corrected chi connectivity index (χ1v) is 18.5. The number of sulfone groups is 1. The largest absolute Gasteiger partial charge is 0.462 e. The van der Waals surface area contributed by atoms with Gasteiger partial charge in [0.05, 0.1) is 33.6 Å². The van der Waals surface area contributed by atoms with Crippen LogP contribution in [0.15, 0.2) is 117 Å². The van der Waals surface area contributed by atoms with E-state index in [0.717, 1.165) is 41.7 Å². The minimum Gasteiger partial charge on any atom is -0.462 e. The number of para-hydroxylation sites is 1. The molecule has 4 aromatic carbocycles. The summed E-state index contributed by atoms with van der Waals surface area (Å²) in [4.78, 5) is 23.1. The van der Waals surface area contributed by atoms with Crippen molar-refractivity contribution in [3.63, 3.8) is 0 Å². The first-order valence-electron chi connectivity index (χ1n) is 14.7. The molecule has 2 N–H and O–H groups in total. The fourth-order valence-corrected chi connectivity index (χ4v) is 5.87. The van der Waals surface area contributed by atoms with Gasteiger partial charge in [-0.25, -0.2) is 25.9 Å². The predicted octanol–water partition coefficient (Wildman–Crippen LogP) is 6.63. The zero-order valence-electron chi connectivity index (χ0n) is 26.9. The van der Waals surface area contributed by atoms with Crippen molar-refractivity contribution in [2.45, 2.75) is 11.1 Å².